The summed E-state index contributed by atoms with van der Waals surface area (Å²) in [4.78, 5) is 23.9. The van der Waals surface area contributed by atoms with Gasteiger partial charge in [0.15, 0.2) is 0 Å². The summed E-state index contributed by atoms with van der Waals surface area (Å²) < 4.78 is 0.289. The molecule has 0 spiro atoms. The molecule has 0 aromatic carbocycles. The van der Waals surface area contributed by atoms with Crippen LogP contribution in [0.4, 0.5) is 0 Å². The molecule has 2 atom stereocenters. The van der Waals surface area contributed by atoms with Crippen molar-refractivity contribution in [3.8, 4) is 0 Å². The van der Waals surface area contributed by atoms with Crippen LogP contribution in [-0.4, -0.2) is 54.7 Å². The second-order valence-electron chi connectivity index (χ2n) is 9.46. The van der Waals surface area contributed by atoms with E-state index >= 15 is 0 Å². The van der Waals surface area contributed by atoms with Gasteiger partial charge in [-0.15, -0.1) is 0 Å². The van der Waals surface area contributed by atoms with E-state index in [1.54, 1.807) is 0 Å². The Morgan fingerprint density at radius 2 is 1.39 bits per heavy atom. The smallest absolute Gasteiger partial charge is 0.364 e. The number of nitrogens with one attached hydrogen (secondary N) is 1. The average Bonchev–Trinajstić information content (AvgIpc) is 2.69. The standard InChI is InChI=1S/C26H48N2O3/c1-6-8-9-10-11-12-13-14-15-16-17-18-19-20-21-22-24(29)27-23(7-2)25(26(30)31)28(3,4)5/h11-12,14-15,23,25H,6-10,13,16-22H2,1-5H3,(H-,27,29,30,31)/p+1/b12-11-,15-14-. The molecule has 0 radical (unpaired) electrons. The highest BCUT2D eigenvalue weighted by atomic mass is 16.4. The first-order valence-electron chi connectivity index (χ1n) is 12.4. The monoisotopic (exact) mass is 437 g/mol. The lowest BCUT2D eigenvalue weighted by Gasteiger charge is -2.36. The quantitative estimate of drug-likeness (QED) is 0.151. The minimum atomic E-state index is -0.864. The Bertz CT molecular complexity index is 535. The summed E-state index contributed by atoms with van der Waals surface area (Å²) in [7, 11) is 5.57. The summed E-state index contributed by atoms with van der Waals surface area (Å²) in [5.74, 6) is -0.895. The van der Waals surface area contributed by atoms with Crippen LogP contribution in [0.5, 0.6) is 0 Å². The summed E-state index contributed by atoms with van der Waals surface area (Å²) >= 11 is 0. The second-order valence-corrected chi connectivity index (χ2v) is 9.46. The summed E-state index contributed by atoms with van der Waals surface area (Å²) in [6.45, 7) is 4.16. The zero-order valence-corrected chi connectivity index (χ0v) is 20.9. The van der Waals surface area contributed by atoms with Crippen LogP contribution in [0.1, 0.15) is 97.3 Å². The topological polar surface area (TPSA) is 66.4 Å². The van der Waals surface area contributed by atoms with Gasteiger partial charge in [-0.25, -0.2) is 4.79 Å². The van der Waals surface area contributed by atoms with E-state index in [1.807, 2.05) is 28.1 Å². The fourth-order valence-corrected chi connectivity index (χ4v) is 3.82. The number of hydrogen-bond donors (Lipinski definition) is 2. The van der Waals surface area contributed by atoms with E-state index in [4.69, 9.17) is 0 Å². The van der Waals surface area contributed by atoms with Crippen LogP contribution in [0.3, 0.4) is 0 Å². The van der Waals surface area contributed by atoms with Crippen molar-refractivity contribution in [1.82, 2.24) is 5.32 Å². The van der Waals surface area contributed by atoms with Crippen molar-refractivity contribution in [3.63, 3.8) is 0 Å². The molecule has 0 aliphatic carbocycles. The largest absolute Gasteiger partial charge is 0.477 e. The van der Waals surface area contributed by atoms with Gasteiger partial charge in [0.05, 0.1) is 27.2 Å². The lowest BCUT2D eigenvalue weighted by atomic mass is 10.0. The third-order valence-corrected chi connectivity index (χ3v) is 5.61. The number of carboxylic acids is 1. The highest BCUT2D eigenvalue weighted by Crippen LogP contribution is 2.13. The maximum absolute atomic E-state index is 12.3. The zero-order valence-electron chi connectivity index (χ0n) is 20.9. The average molecular weight is 438 g/mol. The van der Waals surface area contributed by atoms with E-state index in [2.05, 4.69) is 36.5 Å². The Morgan fingerprint density at radius 1 is 0.839 bits per heavy atom. The number of carbonyl (C=O) groups is 2. The van der Waals surface area contributed by atoms with E-state index in [9.17, 15) is 14.7 Å². The highest BCUT2D eigenvalue weighted by Gasteiger charge is 2.39. The number of hydrogen-bond acceptors (Lipinski definition) is 2. The van der Waals surface area contributed by atoms with Gasteiger partial charge in [-0.2, -0.15) is 0 Å². The fraction of sp³-hybridized carbons (Fsp3) is 0.769. The van der Waals surface area contributed by atoms with Gasteiger partial charge in [0.1, 0.15) is 0 Å². The minimum Gasteiger partial charge on any atom is -0.477 e. The molecule has 180 valence electrons. The molecule has 0 saturated heterocycles. The summed E-state index contributed by atoms with van der Waals surface area (Å²) in [6.07, 6.45) is 22.9. The van der Waals surface area contributed by atoms with Gasteiger partial charge in [-0.3, -0.25) is 4.79 Å². The first-order chi connectivity index (χ1) is 14.7. The van der Waals surface area contributed by atoms with Crippen molar-refractivity contribution in [2.24, 2.45) is 0 Å². The molecule has 2 unspecified atom stereocenters. The number of unbranched alkanes of at least 4 members (excludes halogenated alkanes) is 8. The van der Waals surface area contributed by atoms with Crippen molar-refractivity contribution >= 4 is 11.9 Å². The molecule has 2 N–H and O–H groups in total. The molecule has 0 aliphatic rings. The van der Waals surface area contributed by atoms with Gasteiger partial charge in [0.25, 0.3) is 0 Å². The summed E-state index contributed by atoms with van der Waals surface area (Å²) in [6, 6.07) is -0.985. The van der Waals surface area contributed by atoms with E-state index < -0.39 is 12.0 Å². The van der Waals surface area contributed by atoms with Gasteiger partial charge < -0.3 is 14.9 Å². The SMILES string of the molecule is CCCCC/C=C\C/C=C\CCCCCCCC(=O)NC(CC)C(C(=O)O)[N+](C)(C)C. The minimum absolute atomic E-state index is 0.0303. The molecule has 5 nitrogen and oxygen atoms in total. The van der Waals surface area contributed by atoms with E-state index in [0.29, 0.717) is 12.8 Å². The predicted octanol–water partition coefficient (Wildman–Crippen LogP) is 5.85. The van der Waals surface area contributed by atoms with Gasteiger partial charge in [-0.1, -0.05) is 70.3 Å². The Hall–Kier alpha value is -1.62. The molecular formula is C26H49N2O3+. The molecule has 1 amide bonds. The first-order valence-corrected chi connectivity index (χ1v) is 12.4. The molecule has 0 aliphatic heterocycles. The number of allylic oxidation sites excluding steroid dienone is 4. The van der Waals surface area contributed by atoms with Crippen molar-refractivity contribution < 1.29 is 19.2 Å². The number of quaternary nitrogens is 1. The van der Waals surface area contributed by atoms with Gasteiger partial charge in [0, 0.05) is 6.42 Å². The number of rotatable bonds is 19. The van der Waals surface area contributed by atoms with E-state index in [-0.39, 0.29) is 16.4 Å². The number of carboxylic acid groups (broad SMARTS) is 1. The van der Waals surface area contributed by atoms with Gasteiger partial charge in [0.2, 0.25) is 11.9 Å². The van der Waals surface area contributed by atoms with Crippen LogP contribution in [0, 0.1) is 0 Å². The van der Waals surface area contributed by atoms with Gasteiger partial charge >= 0.3 is 5.97 Å². The highest BCUT2D eigenvalue weighted by molar-refractivity contribution is 5.78. The molecule has 0 aromatic rings. The third kappa shape index (κ3) is 15.8. The number of carbonyl (C=O) groups excluding carboxylic acids is 1. The Morgan fingerprint density at radius 3 is 1.90 bits per heavy atom. The lowest BCUT2D eigenvalue weighted by Crippen LogP contribution is -2.60. The van der Waals surface area contributed by atoms with Crippen molar-refractivity contribution in [1.29, 1.82) is 0 Å². The van der Waals surface area contributed by atoms with Crippen molar-refractivity contribution in [2.45, 2.75) is 109 Å². The maximum Gasteiger partial charge on any atom is 0.364 e. The zero-order chi connectivity index (χ0) is 23.5. The molecular weight excluding hydrogens is 388 g/mol. The van der Waals surface area contributed by atoms with Crippen LogP contribution in [0.2, 0.25) is 0 Å². The van der Waals surface area contributed by atoms with Crippen molar-refractivity contribution in [2.75, 3.05) is 21.1 Å². The second kappa shape index (κ2) is 18.0. The Kier molecular flexibility index (Phi) is 17.1. The van der Waals surface area contributed by atoms with Crippen LogP contribution >= 0.6 is 0 Å². The summed E-state index contributed by atoms with van der Waals surface area (Å²) in [5.41, 5.74) is 0. The van der Waals surface area contributed by atoms with Crippen LogP contribution in [0.25, 0.3) is 0 Å². The first kappa shape index (κ1) is 29.4. The van der Waals surface area contributed by atoms with Gasteiger partial charge in [-0.05, 0) is 44.9 Å². The molecule has 5 heteroatoms. The molecule has 0 bridgehead atoms. The summed E-state index contributed by atoms with van der Waals surface area (Å²) in [5, 5.41) is 12.5. The van der Waals surface area contributed by atoms with E-state index in [0.717, 1.165) is 32.1 Å². The number of likely N-dealkylation sites (N-methyl/N-ethyl adjacent to an activating group) is 1. The lowest BCUT2D eigenvalue weighted by molar-refractivity contribution is -0.888. The fourth-order valence-electron chi connectivity index (χ4n) is 3.82. The Labute approximate surface area is 191 Å². The normalized spacial score (nSPS) is 14.2. The Balaban J connectivity index is 3.86. The third-order valence-electron chi connectivity index (χ3n) is 5.61. The molecule has 0 aromatic heterocycles. The molecule has 31 heavy (non-hydrogen) atoms. The molecule has 0 rings (SSSR count). The number of nitrogens with zero attached hydrogens (tertiary/aromatic N) is 1. The maximum atomic E-state index is 12.3. The molecule has 0 fully saturated rings. The van der Waals surface area contributed by atoms with Crippen LogP contribution < -0.4 is 5.32 Å². The van der Waals surface area contributed by atoms with E-state index in [1.165, 1.54) is 38.5 Å². The van der Waals surface area contributed by atoms with Crippen LogP contribution in [-0.2, 0) is 9.59 Å². The molecule has 0 saturated carbocycles. The number of aliphatic carboxylic acids is 1. The number of amides is 1. The van der Waals surface area contributed by atoms with Crippen LogP contribution in [0.15, 0.2) is 24.3 Å². The predicted molar refractivity (Wildman–Crippen MR) is 131 cm³/mol. The molecule has 0 heterocycles. The van der Waals surface area contributed by atoms with Crippen molar-refractivity contribution in [3.05, 3.63) is 24.3 Å².